The average molecular weight is 600 g/mol. The summed E-state index contributed by atoms with van der Waals surface area (Å²) in [6, 6.07) is 5.87. The normalized spacial score (nSPS) is 17.6. The lowest BCUT2D eigenvalue weighted by atomic mass is 10.1. The number of hydrogen-bond acceptors (Lipinski definition) is 11. The van der Waals surface area contributed by atoms with Gasteiger partial charge in [-0.1, -0.05) is 0 Å². The summed E-state index contributed by atoms with van der Waals surface area (Å²) in [6.45, 7) is 8.52. The lowest BCUT2D eigenvalue weighted by Gasteiger charge is -2.35. The van der Waals surface area contributed by atoms with Gasteiger partial charge in [-0.15, -0.1) is 0 Å². The molecule has 230 valence electrons. The highest BCUT2D eigenvalue weighted by Gasteiger charge is 2.26. The van der Waals surface area contributed by atoms with Crippen molar-refractivity contribution in [2.45, 2.75) is 19.4 Å². The van der Waals surface area contributed by atoms with Gasteiger partial charge in [0, 0.05) is 82.8 Å². The van der Waals surface area contributed by atoms with Crippen LogP contribution in [0.15, 0.2) is 36.8 Å². The number of imidazole rings is 1. The lowest BCUT2D eigenvalue weighted by molar-refractivity contribution is 0.139. The Morgan fingerprint density at radius 1 is 1.02 bits per heavy atom. The molecule has 44 heavy (non-hydrogen) atoms. The average Bonchev–Trinajstić information content (AvgIpc) is 3.80. The summed E-state index contributed by atoms with van der Waals surface area (Å²) in [6.07, 6.45) is 6.03. The molecular weight excluding hydrogens is 562 g/mol. The smallest absolute Gasteiger partial charge is 0.244 e. The van der Waals surface area contributed by atoms with Gasteiger partial charge in [0.05, 0.1) is 55.4 Å². The van der Waals surface area contributed by atoms with Crippen LogP contribution in [0.2, 0.25) is 0 Å². The molecule has 0 unspecified atom stereocenters. The Bertz CT molecular complexity index is 1790. The summed E-state index contributed by atoms with van der Waals surface area (Å²) < 4.78 is 26.9. The van der Waals surface area contributed by atoms with Crippen LogP contribution in [-0.2, 0) is 16.5 Å². The van der Waals surface area contributed by atoms with Gasteiger partial charge in [-0.25, -0.2) is 9.67 Å². The van der Waals surface area contributed by atoms with Crippen LogP contribution < -0.4 is 14.4 Å². The molecule has 2 saturated heterocycles. The van der Waals surface area contributed by atoms with Crippen molar-refractivity contribution in [2.24, 2.45) is 7.05 Å². The Labute approximate surface area is 255 Å². The molecule has 7 rings (SSSR count). The van der Waals surface area contributed by atoms with Crippen molar-refractivity contribution in [1.29, 1.82) is 0 Å². The van der Waals surface area contributed by atoms with E-state index < -0.39 is 0 Å². The van der Waals surface area contributed by atoms with Gasteiger partial charge >= 0.3 is 0 Å². The minimum Gasteiger partial charge on any atom is -0.496 e. The highest BCUT2D eigenvalue weighted by atomic mass is 16.5. The molecule has 0 saturated carbocycles. The number of methoxy groups -OCH3 is 2. The molecule has 0 N–H and O–H groups in total. The molecule has 13 heteroatoms. The molecule has 5 aromatic rings. The molecule has 7 heterocycles. The van der Waals surface area contributed by atoms with Crippen LogP contribution in [0.1, 0.15) is 12.1 Å². The summed E-state index contributed by atoms with van der Waals surface area (Å²) in [5.74, 6) is 2.72. The number of fused-ring (bicyclic) bond motifs is 2. The van der Waals surface area contributed by atoms with Gasteiger partial charge in [0.25, 0.3) is 0 Å². The van der Waals surface area contributed by atoms with E-state index in [9.17, 15) is 0 Å². The minimum absolute atomic E-state index is 0.0822. The van der Waals surface area contributed by atoms with Crippen molar-refractivity contribution in [3.63, 3.8) is 0 Å². The molecule has 0 amide bonds. The maximum Gasteiger partial charge on any atom is 0.244 e. The molecule has 5 aromatic heterocycles. The molecular formula is C31H37N9O4. The molecule has 0 aliphatic carbocycles. The zero-order valence-electron chi connectivity index (χ0n) is 25.6. The largest absolute Gasteiger partial charge is 0.496 e. The molecule has 0 radical (unpaired) electrons. The van der Waals surface area contributed by atoms with Gasteiger partial charge in [0.2, 0.25) is 11.8 Å². The van der Waals surface area contributed by atoms with Crippen LogP contribution in [0.25, 0.3) is 39.0 Å². The van der Waals surface area contributed by atoms with E-state index in [1.165, 1.54) is 0 Å². The Hall–Kier alpha value is -4.33. The molecule has 2 fully saturated rings. The first kappa shape index (κ1) is 28.4. The fraction of sp³-hybridized carbons (Fsp3) is 0.452. The number of anilines is 1. The first-order valence-corrected chi connectivity index (χ1v) is 15.0. The van der Waals surface area contributed by atoms with Gasteiger partial charge in [-0.2, -0.15) is 10.1 Å². The third-order valence-electron chi connectivity index (χ3n) is 8.49. The maximum absolute atomic E-state index is 6.47. The van der Waals surface area contributed by atoms with Crippen LogP contribution >= 0.6 is 0 Å². The van der Waals surface area contributed by atoms with E-state index in [1.54, 1.807) is 26.6 Å². The van der Waals surface area contributed by atoms with E-state index >= 15 is 0 Å². The quantitative estimate of drug-likeness (QED) is 0.249. The van der Waals surface area contributed by atoms with E-state index in [4.69, 9.17) is 39.0 Å². The number of pyridine rings is 3. The summed E-state index contributed by atoms with van der Waals surface area (Å²) in [4.78, 5) is 24.0. The Morgan fingerprint density at radius 3 is 2.66 bits per heavy atom. The lowest BCUT2D eigenvalue weighted by Crippen LogP contribution is -2.48. The predicted octanol–water partition coefficient (Wildman–Crippen LogP) is 3.02. The van der Waals surface area contributed by atoms with E-state index in [2.05, 4.69) is 26.4 Å². The third kappa shape index (κ3) is 5.20. The number of piperazine rings is 1. The molecule has 0 spiro atoms. The predicted molar refractivity (Wildman–Crippen MR) is 166 cm³/mol. The van der Waals surface area contributed by atoms with Gasteiger partial charge in [-0.05, 0) is 19.1 Å². The van der Waals surface area contributed by atoms with Crippen LogP contribution in [-0.4, -0.2) is 112 Å². The standard InChI is InChI=1S/C31H37N9O4/c1-20-22-18-33-40(25(22)15-24(34-20)23-17-32-7-5-27(23)42-4)28-16-26-29(30(35-28)44-21-6-13-43-19-21)36-31(37(26)2)39-10-8-38(9-11-39)12-14-41-3/h5,7,15-18,21H,6,8-14,19H2,1-4H3/t21-/m0/s1. The van der Waals surface area contributed by atoms with Crippen LogP contribution in [0.3, 0.4) is 0 Å². The van der Waals surface area contributed by atoms with Crippen LogP contribution in [0.4, 0.5) is 5.95 Å². The summed E-state index contributed by atoms with van der Waals surface area (Å²) in [5, 5.41) is 5.71. The minimum atomic E-state index is -0.0822. The number of aryl methyl sites for hydroxylation is 2. The highest BCUT2D eigenvalue weighted by molar-refractivity contribution is 5.88. The summed E-state index contributed by atoms with van der Waals surface area (Å²) in [5.41, 5.74) is 4.92. The van der Waals surface area contributed by atoms with E-state index in [0.29, 0.717) is 30.7 Å². The van der Waals surface area contributed by atoms with Crippen molar-refractivity contribution in [1.82, 2.24) is 39.2 Å². The van der Waals surface area contributed by atoms with Gasteiger partial charge in [0.15, 0.2) is 11.3 Å². The highest BCUT2D eigenvalue weighted by Crippen LogP contribution is 2.34. The zero-order chi connectivity index (χ0) is 30.2. The van der Waals surface area contributed by atoms with Crippen molar-refractivity contribution in [3.05, 3.63) is 42.5 Å². The Balaban J connectivity index is 1.32. The van der Waals surface area contributed by atoms with E-state index in [0.717, 1.165) is 90.6 Å². The summed E-state index contributed by atoms with van der Waals surface area (Å²) >= 11 is 0. The van der Waals surface area contributed by atoms with E-state index in [1.807, 2.05) is 36.0 Å². The van der Waals surface area contributed by atoms with Crippen molar-refractivity contribution in [2.75, 3.05) is 71.7 Å². The monoisotopic (exact) mass is 599 g/mol. The second-order valence-electron chi connectivity index (χ2n) is 11.2. The van der Waals surface area contributed by atoms with Gasteiger partial charge < -0.3 is 28.4 Å². The number of aromatic nitrogens is 7. The van der Waals surface area contributed by atoms with Gasteiger partial charge in [-0.3, -0.25) is 14.9 Å². The van der Waals surface area contributed by atoms with Crippen LogP contribution in [0, 0.1) is 6.92 Å². The SMILES string of the molecule is COCCN1CCN(c2nc3c(O[C@H]4CCOC4)nc(-n4ncc5c(C)nc(-c6cnccc6OC)cc54)cc3n2C)CC1. The second kappa shape index (κ2) is 12.0. The molecule has 1 atom stereocenters. The van der Waals surface area contributed by atoms with Crippen molar-refractivity contribution >= 4 is 27.9 Å². The number of hydrogen-bond donors (Lipinski definition) is 0. The molecule has 0 bridgehead atoms. The fourth-order valence-electron chi connectivity index (χ4n) is 6.01. The van der Waals surface area contributed by atoms with Crippen LogP contribution in [0.5, 0.6) is 11.6 Å². The van der Waals surface area contributed by atoms with Crippen molar-refractivity contribution < 1.29 is 18.9 Å². The number of nitrogens with zero attached hydrogens (tertiary/aromatic N) is 9. The first-order chi connectivity index (χ1) is 21.5. The topological polar surface area (TPSA) is 118 Å². The summed E-state index contributed by atoms with van der Waals surface area (Å²) in [7, 11) is 5.44. The third-order valence-corrected chi connectivity index (χ3v) is 8.49. The number of ether oxygens (including phenoxy) is 4. The zero-order valence-corrected chi connectivity index (χ0v) is 25.6. The maximum atomic E-state index is 6.47. The van der Waals surface area contributed by atoms with Crippen molar-refractivity contribution in [3.8, 4) is 28.7 Å². The molecule has 2 aliphatic heterocycles. The molecule has 13 nitrogen and oxygen atoms in total. The second-order valence-corrected chi connectivity index (χ2v) is 11.2. The molecule has 0 aromatic carbocycles. The molecule has 2 aliphatic rings. The Morgan fingerprint density at radius 2 is 1.89 bits per heavy atom. The first-order valence-electron chi connectivity index (χ1n) is 15.0. The fourth-order valence-corrected chi connectivity index (χ4v) is 6.01. The number of rotatable bonds is 9. The Kier molecular flexibility index (Phi) is 7.75. The van der Waals surface area contributed by atoms with E-state index in [-0.39, 0.29) is 6.10 Å². The van der Waals surface area contributed by atoms with Gasteiger partial charge in [0.1, 0.15) is 11.9 Å².